The molecule has 0 unspecified atom stereocenters. The predicted molar refractivity (Wildman–Crippen MR) is 83.5 cm³/mol. The number of carbonyl (C=O) groups is 1. The van der Waals surface area contributed by atoms with E-state index in [-0.39, 0.29) is 12.0 Å². The van der Waals surface area contributed by atoms with Crippen LogP contribution in [0.25, 0.3) is 11.0 Å². The van der Waals surface area contributed by atoms with Gasteiger partial charge in [-0.1, -0.05) is 6.07 Å². The number of alkyl halides is 1. The Hall–Kier alpha value is -1.75. The highest BCUT2D eigenvalue weighted by atomic mass is 35.5. The van der Waals surface area contributed by atoms with E-state index in [1.807, 2.05) is 36.6 Å². The number of nitrogens with zero attached hydrogens (tertiary/aromatic N) is 2. The maximum atomic E-state index is 10.9. The molecule has 2 rings (SSSR count). The van der Waals surface area contributed by atoms with Crippen LogP contribution in [-0.2, 0) is 17.2 Å². The first-order chi connectivity index (χ1) is 10.0. The number of halogens is 1. The maximum Gasteiger partial charge on any atom is 0.217 e. The standard InChI is InChI=1S/C15H20ClN3O2/c1-10(2)21-12-6-3-5-11-15(12)18-14(9-16)19(11)8-4-7-13(17)20/h3,5-6,10H,4,7-9H2,1-2H3,(H2,17,20). The van der Waals surface area contributed by atoms with E-state index < -0.39 is 0 Å². The van der Waals surface area contributed by atoms with Crippen LogP contribution in [0.3, 0.4) is 0 Å². The fraction of sp³-hybridized carbons (Fsp3) is 0.467. The van der Waals surface area contributed by atoms with Gasteiger partial charge in [0.1, 0.15) is 17.1 Å². The normalized spacial score (nSPS) is 11.2. The molecule has 1 aromatic heterocycles. The minimum absolute atomic E-state index is 0.0788. The van der Waals surface area contributed by atoms with E-state index in [1.54, 1.807) is 0 Å². The van der Waals surface area contributed by atoms with Crippen molar-refractivity contribution in [3.63, 3.8) is 0 Å². The van der Waals surface area contributed by atoms with Crippen LogP contribution >= 0.6 is 11.6 Å². The first-order valence-electron chi connectivity index (χ1n) is 7.02. The number of fused-ring (bicyclic) bond motifs is 1. The number of rotatable bonds is 7. The second-order valence-electron chi connectivity index (χ2n) is 5.17. The maximum absolute atomic E-state index is 10.9. The van der Waals surface area contributed by atoms with E-state index in [0.29, 0.717) is 25.3 Å². The molecule has 114 valence electrons. The molecule has 1 heterocycles. The van der Waals surface area contributed by atoms with Crippen LogP contribution in [-0.4, -0.2) is 21.6 Å². The lowest BCUT2D eigenvalue weighted by Crippen LogP contribution is -2.12. The van der Waals surface area contributed by atoms with Gasteiger partial charge in [0.05, 0.1) is 17.5 Å². The van der Waals surface area contributed by atoms with Crippen molar-refractivity contribution >= 4 is 28.5 Å². The zero-order chi connectivity index (χ0) is 15.4. The van der Waals surface area contributed by atoms with E-state index in [1.165, 1.54) is 0 Å². The van der Waals surface area contributed by atoms with Gasteiger partial charge in [-0.15, -0.1) is 11.6 Å². The van der Waals surface area contributed by atoms with Gasteiger partial charge in [0.25, 0.3) is 0 Å². The van der Waals surface area contributed by atoms with Crippen LogP contribution < -0.4 is 10.5 Å². The lowest BCUT2D eigenvalue weighted by molar-refractivity contribution is -0.118. The summed E-state index contributed by atoms with van der Waals surface area (Å²) >= 11 is 5.99. The zero-order valence-electron chi connectivity index (χ0n) is 12.3. The summed E-state index contributed by atoms with van der Waals surface area (Å²) < 4.78 is 7.82. The largest absolute Gasteiger partial charge is 0.489 e. The Balaban J connectivity index is 2.37. The number of amides is 1. The van der Waals surface area contributed by atoms with Crippen LogP contribution in [0.15, 0.2) is 18.2 Å². The summed E-state index contributed by atoms with van der Waals surface area (Å²) in [6, 6.07) is 5.82. The molecule has 0 spiro atoms. The number of nitrogens with two attached hydrogens (primary N) is 1. The summed E-state index contributed by atoms with van der Waals surface area (Å²) in [5, 5.41) is 0. The van der Waals surface area contributed by atoms with E-state index in [9.17, 15) is 4.79 Å². The molecule has 2 N–H and O–H groups in total. The Kier molecular flexibility index (Phi) is 5.07. The van der Waals surface area contributed by atoms with E-state index in [2.05, 4.69) is 4.98 Å². The number of hydrogen-bond donors (Lipinski definition) is 1. The SMILES string of the molecule is CC(C)Oc1cccc2c1nc(CCl)n2CCCC(N)=O. The molecule has 0 bridgehead atoms. The molecule has 1 amide bonds. The average Bonchev–Trinajstić information content (AvgIpc) is 2.77. The Morgan fingerprint density at radius 3 is 2.86 bits per heavy atom. The number of primary amides is 1. The summed E-state index contributed by atoms with van der Waals surface area (Å²) in [4.78, 5) is 15.4. The first kappa shape index (κ1) is 15.6. The van der Waals surface area contributed by atoms with Crippen molar-refractivity contribution in [2.75, 3.05) is 0 Å². The number of para-hydroxylation sites is 1. The van der Waals surface area contributed by atoms with Crippen molar-refractivity contribution in [1.29, 1.82) is 0 Å². The van der Waals surface area contributed by atoms with Crippen molar-refractivity contribution in [2.45, 2.75) is 45.2 Å². The average molecular weight is 310 g/mol. The molecule has 2 aromatic rings. The van der Waals surface area contributed by atoms with Gasteiger partial charge in [0, 0.05) is 13.0 Å². The highest BCUT2D eigenvalue weighted by molar-refractivity contribution is 6.16. The monoisotopic (exact) mass is 309 g/mol. The second kappa shape index (κ2) is 6.80. The molecule has 0 aliphatic rings. The van der Waals surface area contributed by atoms with Crippen molar-refractivity contribution < 1.29 is 9.53 Å². The van der Waals surface area contributed by atoms with Crippen LogP contribution in [0, 0.1) is 0 Å². The van der Waals surface area contributed by atoms with E-state index in [0.717, 1.165) is 22.6 Å². The van der Waals surface area contributed by atoms with Crippen molar-refractivity contribution in [3.8, 4) is 5.75 Å². The topological polar surface area (TPSA) is 70.1 Å². The third-order valence-electron chi connectivity index (χ3n) is 3.11. The summed E-state index contributed by atoms with van der Waals surface area (Å²) in [5.74, 6) is 1.54. The van der Waals surface area contributed by atoms with Crippen molar-refractivity contribution in [1.82, 2.24) is 9.55 Å². The lowest BCUT2D eigenvalue weighted by atomic mass is 10.2. The molecule has 0 aliphatic heterocycles. The Bertz CT molecular complexity index is 637. The number of imidazole rings is 1. The lowest BCUT2D eigenvalue weighted by Gasteiger charge is -2.10. The van der Waals surface area contributed by atoms with Crippen molar-refractivity contribution in [2.24, 2.45) is 5.73 Å². The van der Waals surface area contributed by atoms with E-state index >= 15 is 0 Å². The summed E-state index contributed by atoms with van der Waals surface area (Å²) in [6.45, 7) is 4.61. The highest BCUT2D eigenvalue weighted by Crippen LogP contribution is 2.27. The van der Waals surface area contributed by atoms with Gasteiger partial charge in [-0.2, -0.15) is 0 Å². The smallest absolute Gasteiger partial charge is 0.217 e. The van der Waals surface area contributed by atoms with Crippen LogP contribution in [0.1, 0.15) is 32.5 Å². The first-order valence-corrected chi connectivity index (χ1v) is 7.55. The number of ether oxygens (including phenoxy) is 1. The third kappa shape index (κ3) is 3.67. The molecule has 0 saturated carbocycles. The molecule has 5 nitrogen and oxygen atoms in total. The quantitative estimate of drug-likeness (QED) is 0.799. The van der Waals surface area contributed by atoms with Gasteiger partial charge in [0.2, 0.25) is 5.91 Å². The van der Waals surface area contributed by atoms with Gasteiger partial charge in [-0.25, -0.2) is 4.98 Å². The molecular formula is C15H20ClN3O2. The molecule has 0 radical (unpaired) electrons. The molecule has 1 aromatic carbocycles. The summed E-state index contributed by atoms with van der Waals surface area (Å²) in [5.41, 5.74) is 6.96. The number of carbonyl (C=O) groups excluding carboxylic acids is 1. The van der Waals surface area contributed by atoms with Gasteiger partial charge in [-0.3, -0.25) is 4.79 Å². The van der Waals surface area contributed by atoms with Gasteiger partial charge in [0.15, 0.2) is 0 Å². The molecule has 6 heteroatoms. The van der Waals surface area contributed by atoms with Crippen molar-refractivity contribution in [3.05, 3.63) is 24.0 Å². The molecule has 0 atom stereocenters. The van der Waals surface area contributed by atoms with Crippen LogP contribution in [0.2, 0.25) is 0 Å². The molecule has 0 saturated heterocycles. The van der Waals surface area contributed by atoms with Crippen LogP contribution in [0.5, 0.6) is 5.75 Å². The van der Waals surface area contributed by atoms with Gasteiger partial charge >= 0.3 is 0 Å². The summed E-state index contributed by atoms with van der Waals surface area (Å²) in [7, 11) is 0. The summed E-state index contributed by atoms with van der Waals surface area (Å²) in [6.07, 6.45) is 1.10. The van der Waals surface area contributed by atoms with Gasteiger partial charge < -0.3 is 15.0 Å². The Labute approximate surface area is 129 Å². The molecule has 0 fully saturated rings. The highest BCUT2D eigenvalue weighted by Gasteiger charge is 2.14. The minimum Gasteiger partial charge on any atom is -0.489 e. The zero-order valence-corrected chi connectivity index (χ0v) is 13.1. The fourth-order valence-corrected chi connectivity index (χ4v) is 2.49. The van der Waals surface area contributed by atoms with Gasteiger partial charge in [-0.05, 0) is 32.4 Å². The fourth-order valence-electron chi connectivity index (χ4n) is 2.28. The second-order valence-corrected chi connectivity index (χ2v) is 5.44. The molecular weight excluding hydrogens is 290 g/mol. The minimum atomic E-state index is -0.296. The van der Waals surface area contributed by atoms with Crippen LogP contribution in [0.4, 0.5) is 0 Å². The molecule has 21 heavy (non-hydrogen) atoms. The number of hydrogen-bond acceptors (Lipinski definition) is 3. The molecule has 0 aliphatic carbocycles. The number of aromatic nitrogens is 2. The predicted octanol–water partition coefficient (Wildman–Crippen LogP) is 2.83. The van der Waals surface area contributed by atoms with E-state index in [4.69, 9.17) is 22.1 Å². The third-order valence-corrected chi connectivity index (χ3v) is 3.35. The number of benzene rings is 1. The Morgan fingerprint density at radius 2 is 2.24 bits per heavy atom. The Morgan fingerprint density at radius 1 is 1.48 bits per heavy atom. The number of aryl methyl sites for hydroxylation is 1.